The van der Waals surface area contributed by atoms with Gasteiger partial charge in [-0.05, 0) is 24.6 Å². The lowest BCUT2D eigenvalue weighted by atomic mass is 10.2. The molecular formula is C18H21N3O2S. The van der Waals surface area contributed by atoms with Gasteiger partial charge in [0.15, 0.2) is 0 Å². The van der Waals surface area contributed by atoms with Crippen LogP contribution in [0, 0.1) is 0 Å². The monoisotopic (exact) mass is 343 g/mol. The Hall–Kier alpha value is -2.34. The first-order chi connectivity index (χ1) is 11.7. The number of benzene rings is 1. The molecule has 2 aromatic rings. The van der Waals surface area contributed by atoms with E-state index in [4.69, 9.17) is 0 Å². The van der Waals surface area contributed by atoms with E-state index in [0.717, 1.165) is 5.75 Å². The lowest BCUT2D eigenvalue weighted by molar-refractivity contribution is -0.120. The van der Waals surface area contributed by atoms with Gasteiger partial charge in [0.05, 0.1) is 10.8 Å². The van der Waals surface area contributed by atoms with E-state index >= 15 is 0 Å². The number of thioether (sulfide) groups is 1. The van der Waals surface area contributed by atoms with Gasteiger partial charge in [-0.2, -0.15) is 0 Å². The summed E-state index contributed by atoms with van der Waals surface area (Å²) in [6, 6.07) is 13.5. The first-order valence-electron chi connectivity index (χ1n) is 7.78. The smallest absolute Gasteiger partial charge is 0.252 e. The zero-order valence-corrected chi connectivity index (χ0v) is 14.4. The zero-order valence-electron chi connectivity index (χ0n) is 13.6. The third-order valence-electron chi connectivity index (χ3n) is 3.35. The quantitative estimate of drug-likeness (QED) is 0.721. The van der Waals surface area contributed by atoms with Crippen LogP contribution in [0.4, 0.5) is 0 Å². The number of rotatable bonds is 8. The molecule has 2 N–H and O–H groups in total. The standard InChI is InChI=1S/C18H21N3O2S/c1-14(24-13-15-6-3-2-4-7-15)17(22)20-10-11-21-18(23)16-8-5-9-19-12-16/h2-9,12,14H,10-11,13H2,1H3,(H,20,22)(H,21,23)/t14-/m0/s1. The van der Waals surface area contributed by atoms with Gasteiger partial charge in [0.1, 0.15) is 0 Å². The summed E-state index contributed by atoms with van der Waals surface area (Å²) in [6.07, 6.45) is 3.13. The van der Waals surface area contributed by atoms with Crippen LogP contribution in [0.1, 0.15) is 22.8 Å². The molecule has 1 heterocycles. The van der Waals surface area contributed by atoms with Crippen LogP contribution >= 0.6 is 11.8 Å². The van der Waals surface area contributed by atoms with Crippen molar-refractivity contribution >= 4 is 23.6 Å². The van der Waals surface area contributed by atoms with E-state index in [1.54, 1.807) is 30.1 Å². The van der Waals surface area contributed by atoms with Crippen molar-refractivity contribution in [3.8, 4) is 0 Å². The predicted molar refractivity (Wildman–Crippen MR) is 96.8 cm³/mol. The molecule has 0 fully saturated rings. The molecule has 2 amide bonds. The normalized spacial score (nSPS) is 11.5. The summed E-state index contributed by atoms with van der Waals surface area (Å²) in [5.41, 5.74) is 1.71. The molecule has 1 aromatic heterocycles. The molecule has 2 rings (SSSR count). The molecule has 0 bridgehead atoms. The van der Waals surface area contributed by atoms with Crippen molar-refractivity contribution in [3.63, 3.8) is 0 Å². The Kier molecular flexibility index (Phi) is 7.29. The van der Waals surface area contributed by atoms with Crippen molar-refractivity contribution in [3.05, 3.63) is 66.0 Å². The molecule has 1 atom stereocenters. The summed E-state index contributed by atoms with van der Waals surface area (Å²) in [7, 11) is 0. The SMILES string of the molecule is C[C@H](SCc1ccccc1)C(=O)NCCNC(=O)c1cccnc1. The highest BCUT2D eigenvalue weighted by molar-refractivity contribution is 7.99. The van der Waals surface area contributed by atoms with Crippen LogP contribution in [-0.4, -0.2) is 35.1 Å². The second kappa shape index (κ2) is 9.72. The van der Waals surface area contributed by atoms with Crippen LogP contribution in [0.2, 0.25) is 0 Å². The third-order valence-corrected chi connectivity index (χ3v) is 4.56. The fraction of sp³-hybridized carbons (Fsp3) is 0.278. The molecule has 1 aromatic carbocycles. The minimum absolute atomic E-state index is 0.0217. The summed E-state index contributed by atoms with van der Waals surface area (Å²) in [4.78, 5) is 27.7. The Bertz CT molecular complexity index is 650. The van der Waals surface area contributed by atoms with Gasteiger partial charge in [0, 0.05) is 31.2 Å². The number of hydrogen-bond acceptors (Lipinski definition) is 4. The van der Waals surface area contributed by atoms with E-state index in [1.165, 1.54) is 11.8 Å². The van der Waals surface area contributed by atoms with Gasteiger partial charge in [-0.1, -0.05) is 30.3 Å². The fourth-order valence-electron chi connectivity index (χ4n) is 1.98. The van der Waals surface area contributed by atoms with Crippen molar-refractivity contribution < 1.29 is 9.59 Å². The molecule has 0 spiro atoms. The van der Waals surface area contributed by atoms with Crippen molar-refractivity contribution in [2.45, 2.75) is 17.9 Å². The Morgan fingerprint density at radius 2 is 1.83 bits per heavy atom. The van der Waals surface area contributed by atoms with Crippen molar-refractivity contribution in [1.82, 2.24) is 15.6 Å². The van der Waals surface area contributed by atoms with Crippen LogP contribution in [0.5, 0.6) is 0 Å². The number of hydrogen-bond donors (Lipinski definition) is 2. The molecule has 5 nitrogen and oxygen atoms in total. The molecule has 24 heavy (non-hydrogen) atoms. The molecule has 0 radical (unpaired) electrons. The second-order valence-electron chi connectivity index (χ2n) is 5.23. The van der Waals surface area contributed by atoms with Gasteiger partial charge in [-0.25, -0.2) is 0 Å². The molecular weight excluding hydrogens is 322 g/mol. The molecule has 6 heteroatoms. The van der Waals surface area contributed by atoms with E-state index in [-0.39, 0.29) is 17.1 Å². The number of nitrogens with one attached hydrogen (secondary N) is 2. The molecule has 0 saturated carbocycles. The second-order valence-corrected chi connectivity index (χ2v) is 6.56. The highest BCUT2D eigenvalue weighted by Crippen LogP contribution is 2.17. The number of aromatic nitrogens is 1. The Morgan fingerprint density at radius 3 is 2.54 bits per heavy atom. The summed E-state index contributed by atoms with van der Waals surface area (Å²) >= 11 is 1.59. The largest absolute Gasteiger partial charge is 0.353 e. The topological polar surface area (TPSA) is 71.1 Å². The third kappa shape index (κ3) is 6.04. The van der Waals surface area contributed by atoms with Crippen molar-refractivity contribution in [2.24, 2.45) is 0 Å². The van der Waals surface area contributed by atoms with Gasteiger partial charge in [0.2, 0.25) is 5.91 Å². The highest BCUT2D eigenvalue weighted by Gasteiger charge is 2.13. The first-order valence-corrected chi connectivity index (χ1v) is 8.83. The summed E-state index contributed by atoms with van der Waals surface area (Å²) in [6.45, 7) is 2.67. The molecule has 0 aliphatic rings. The van der Waals surface area contributed by atoms with E-state index in [9.17, 15) is 9.59 Å². The van der Waals surface area contributed by atoms with Gasteiger partial charge < -0.3 is 10.6 Å². The minimum Gasteiger partial charge on any atom is -0.353 e. The highest BCUT2D eigenvalue weighted by atomic mass is 32.2. The van der Waals surface area contributed by atoms with Gasteiger partial charge in [-0.3, -0.25) is 14.6 Å². The number of amides is 2. The summed E-state index contributed by atoms with van der Waals surface area (Å²) < 4.78 is 0. The maximum absolute atomic E-state index is 12.0. The van der Waals surface area contributed by atoms with Crippen molar-refractivity contribution in [1.29, 1.82) is 0 Å². The first kappa shape index (κ1) is 18.0. The Balaban J connectivity index is 1.63. The van der Waals surface area contributed by atoms with Crippen LogP contribution < -0.4 is 10.6 Å². The molecule has 0 aliphatic carbocycles. The minimum atomic E-state index is -0.191. The van der Waals surface area contributed by atoms with Gasteiger partial charge in [-0.15, -0.1) is 11.8 Å². The van der Waals surface area contributed by atoms with Crippen LogP contribution in [0.25, 0.3) is 0 Å². The number of nitrogens with zero attached hydrogens (tertiary/aromatic N) is 1. The van der Waals surface area contributed by atoms with E-state index in [2.05, 4.69) is 15.6 Å². The Labute approximate surface area is 146 Å². The fourth-order valence-corrected chi connectivity index (χ4v) is 2.85. The maximum atomic E-state index is 12.0. The lowest BCUT2D eigenvalue weighted by Gasteiger charge is -2.12. The zero-order chi connectivity index (χ0) is 17.2. The summed E-state index contributed by atoms with van der Waals surface area (Å²) in [5.74, 6) is 0.586. The number of carbonyl (C=O) groups is 2. The van der Waals surface area contributed by atoms with Crippen LogP contribution in [0.3, 0.4) is 0 Å². The van der Waals surface area contributed by atoms with Crippen LogP contribution in [-0.2, 0) is 10.5 Å². The molecule has 126 valence electrons. The van der Waals surface area contributed by atoms with Gasteiger partial charge >= 0.3 is 0 Å². The average Bonchev–Trinajstić information content (AvgIpc) is 2.64. The average molecular weight is 343 g/mol. The maximum Gasteiger partial charge on any atom is 0.252 e. The predicted octanol–water partition coefficient (Wildman–Crippen LogP) is 2.25. The van der Waals surface area contributed by atoms with E-state index < -0.39 is 0 Å². The lowest BCUT2D eigenvalue weighted by Crippen LogP contribution is -2.37. The Morgan fingerprint density at radius 1 is 1.08 bits per heavy atom. The number of pyridine rings is 1. The molecule has 0 unspecified atom stereocenters. The van der Waals surface area contributed by atoms with Crippen LogP contribution in [0.15, 0.2) is 54.9 Å². The summed E-state index contributed by atoms with van der Waals surface area (Å²) in [5, 5.41) is 5.45. The van der Waals surface area contributed by atoms with Gasteiger partial charge in [0.25, 0.3) is 5.91 Å². The van der Waals surface area contributed by atoms with E-state index in [1.807, 2.05) is 37.3 Å². The molecule has 0 aliphatic heterocycles. The molecule has 0 saturated heterocycles. The number of carbonyl (C=O) groups excluding carboxylic acids is 2. The van der Waals surface area contributed by atoms with E-state index in [0.29, 0.717) is 18.7 Å². The van der Waals surface area contributed by atoms with Crippen molar-refractivity contribution in [2.75, 3.05) is 13.1 Å².